The highest BCUT2D eigenvalue weighted by molar-refractivity contribution is 5.59. The van der Waals surface area contributed by atoms with Gasteiger partial charge in [0.25, 0.3) is 0 Å². The first-order valence-electron chi connectivity index (χ1n) is 5.67. The van der Waals surface area contributed by atoms with Crippen LogP contribution in [0.5, 0.6) is 0 Å². The van der Waals surface area contributed by atoms with Crippen LogP contribution in [0.2, 0.25) is 0 Å². The molecule has 1 heterocycles. The van der Waals surface area contributed by atoms with Crippen molar-refractivity contribution in [2.75, 3.05) is 5.32 Å². The highest BCUT2D eigenvalue weighted by Crippen LogP contribution is 2.31. The number of hydrogen-bond acceptors (Lipinski definition) is 4. The molecule has 2 rings (SSSR count). The summed E-state index contributed by atoms with van der Waals surface area (Å²) in [5.74, 6) is 0.534. The molecule has 0 aliphatic carbocycles. The SMILES string of the molecule is Cc1cc(CNc2ccc(C(F)(F)F)cc2C#N)on1. The van der Waals surface area contributed by atoms with Gasteiger partial charge >= 0.3 is 6.18 Å². The van der Waals surface area contributed by atoms with E-state index in [4.69, 9.17) is 9.78 Å². The standard InChI is InChI=1S/C13H10F3N3O/c1-8-4-11(20-19-8)7-18-12-3-2-10(13(14,15)16)5-9(12)6-17/h2-5,18H,7H2,1H3. The van der Waals surface area contributed by atoms with Crippen LogP contribution in [-0.4, -0.2) is 5.16 Å². The van der Waals surface area contributed by atoms with Gasteiger partial charge in [-0.2, -0.15) is 18.4 Å². The van der Waals surface area contributed by atoms with Gasteiger partial charge in [-0.1, -0.05) is 5.16 Å². The number of aromatic nitrogens is 1. The van der Waals surface area contributed by atoms with Gasteiger partial charge in [0.15, 0.2) is 5.76 Å². The Bertz CT molecular complexity index is 656. The average molecular weight is 281 g/mol. The molecule has 1 N–H and O–H groups in total. The van der Waals surface area contributed by atoms with Gasteiger partial charge in [0, 0.05) is 6.07 Å². The van der Waals surface area contributed by atoms with Crippen molar-refractivity contribution in [1.29, 1.82) is 5.26 Å². The first-order valence-corrected chi connectivity index (χ1v) is 5.67. The quantitative estimate of drug-likeness (QED) is 0.935. The van der Waals surface area contributed by atoms with Crippen molar-refractivity contribution < 1.29 is 17.7 Å². The topological polar surface area (TPSA) is 61.9 Å². The number of nitrogens with zero attached hydrogens (tertiary/aromatic N) is 2. The molecule has 0 aliphatic heterocycles. The van der Waals surface area contributed by atoms with Gasteiger partial charge in [-0.15, -0.1) is 0 Å². The number of nitrogens with one attached hydrogen (secondary N) is 1. The summed E-state index contributed by atoms with van der Waals surface area (Å²) in [6.07, 6.45) is -4.47. The maximum Gasteiger partial charge on any atom is 0.416 e. The largest absolute Gasteiger partial charge is 0.416 e. The average Bonchev–Trinajstić information content (AvgIpc) is 2.81. The van der Waals surface area contributed by atoms with Crippen molar-refractivity contribution in [2.45, 2.75) is 19.6 Å². The Hall–Kier alpha value is -2.49. The molecule has 1 aromatic heterocycles. The van der Waals surface area contributed by atoms with E-state index in [-0.39, 0.29) is 12.1 Å². The number of nitriles is 1. The maximum atomic E-state index is 12.5. The molecule has 4 nitrogen and oxygen atoms in total. The van der Waals surface area contributed by atoms with Crippen LogP contribution in [0.25, 0.3) is 0 Å². The van der Waals surface area contributed by atoms with E-state index in [2.05, 4.69) is 10.5 Å². The predicted molar refractivity (Wildman–Crippen MR) is 64.7 cm³/mol. The minimum atomic E-state index is -4.47. The Kier molecular flexibility index (Phi) is 3.66. The first kappa shape index (κ1) is 13.9. The number of halogens is 3. The van der Waals surface area contributed by atoms with Crippen LogP contribution in [0.1, 0.15) is 22.6 Å². The summed E-state index contributed by atoms with van der Waals surface area (Å²) in [5, 5.41) is 15.5. The maximum absolute atomic E-state index is 12.5. The van der Waals surface area contributed by atoms with E-state index in [9.17, 15) is 13.2 Å². The minimum Gasteiger partial charge on any atom is -0.377 e. The fourth-order valence-electron chi connectivity index (χ4n) is 1.65. The van der Waals surface area contributed by atoms with Gasteiger partial charge in [-0.05, 0) is 25.1 Å². The number of alkyl halides is 3. The molecule has 2 aromatic rings. The van der Waals surface area contributed by atoms with Crippen LogP contribution in [0.15, 0.2) is 28.8 Å². The third kappa shape index (κ3) is 3.09. The van der Waals surface area contributed by atoms with Crippen LogP contribution in [0.3, 0.4) is 0 Å². The fraction of sp³-hybridized carbons (Fsp3) is 0.231. The summed E-state index contributed by atoms with van der Waals surface area (Å²) < 4.78 is 42.6. The Balaban J connectivity index is 2.18. The van der Waals surface area contributed by atoms with Gasteiger partial charge in [0.05, 0.1) is 29.1 Å². The molecule has 0 saturated carbocycles. The second-order valence-electron chi connectivity index (χ2n) is 4.16. The van der Waals surface area contributed by atoms with Crippen LogP contribution in [0.4, 0.5) is 18.9 Å². The van der Waals surface area contributed by atoms with Crippen LogP contribution >= 0.6 is 0 Å². The Morgan fingerprint density at radius 1 is 1.35 bits per heavy atom. The molecule has 0 radical (unpaired) electrons. The Labute approximate surface area is 112 Å². The number of benzene rings is 1. The molecule has 0 aliphatic rings. The summed E-state index contributed by atoms with van der Waals surface area (Å²) in [5.41, 5.74) is 0.0930. The lowest BCUT2D eigenvalue weighted by Gasteiger charge is -2.10. The van der Waals surface area contributed by atoms with Crippen molar-refractivity contribution in [3.8, 4) is 6.07 Å². The van der Waals surface area contributed by atoms with E-state index in [1.807, 2.05) is 0 Å². The van der Waals surface area contributed by atoms with Crippen molar-refractivity contribution in [1.82, 2.24) is 5.16 Å². The van der Waals surface area contributed by atoms with Crippen LogP contribution in [-0.2, 0) is 12.7 Å². The van der Waals surface area contributed by atoms with Gasteiger partial charge in [-0.3, -0.25) is 0 Å². The van der Waals surface area contributed by atoms with Gasteiger partial charge < -0.3 is 9.84 Å². The lowest BCUT2D eigenvalue weighted by Crippen LogP contribution is -2.07. The summed E-state index contributed by atoms with van der Waals surface area (Å²) >= 11 is 0. The molecule has 0 fully saturated rings. The summed E-state index contributed by atoms with van der Waals surface area (Å²) in [4.78, 5) is 0. The van der Waals surface area contributed by atoms with Gasteiger partial charge in [0.1, 0.15) is 6.07 Å². The molecule has 0 saturated heterocycles. The zero-order chi connectivity index (χ0) is 14.8. The molecule has 7 heteroatoms. The summed E-state index contributed by atoms with van der Waals surface area (Å²) in [6.45, 7) is 1.99. The van der Waals surface area contributed by atoms with Crippen LogP contribution < -0.4 is 5.32 Å². The van der Waals surface area contributed by atoms with Gasteiger partial charge in [-0.25, -0.2) is 0 Å². The molecule has 0 amide bonds. The molecule has 0 bridgehead atoms. The van der Waals surface area contributed by atoms with Crippen LogP contribution in [0, 0.1) is 18.3 Å². The Morgan fingerprint density at radius 2 is 2.10 bits per heavy atom. The number of hydrogen-bond donors (Lipinski definition) is 1. The zero-order valence-electron chi connectivity index (χ0n) is 10.5. The molecule has 104 valence electrons. The number of rotatable bonds is 3. The number of anilines is 1. The van der Waals surface area contributed by atoms with E-state index < -0.39 is 11.7 Å². The molecular weight excluding hydrogens is 271 g/mol. The Morgan fingerprint density at radius 3 is 2.65 bits per heavy atom. The zero-order valence-corrected chi connectivity index (χ0v) is 10.5. The number of aryl methyl sites for hydroxylation is 1. The second-order valence-corrected chi connectivity index (χ2v) is 4.16. The monoisotopic (exact) mass is 281 g/mol. The molecule has 0 spiro atoms. The van der Waals surface area contributed by atoms with Crippen molar-refractivity contribution >= 4 is 5.69 Å². The van der Waals surface area contributed by atoms with E-state index >= 15 is 0 Å². The highest BCUT2D eigenvalue weighted by atomic mass is 19.4. The smallest absolute Gasteiger partial charge is 0.377 e. The third-order valence-electron chi connectivity index (χ3n) is 2.60. The normalized spacial score (nSPS) is 11.2. The fourth-order valence-corrected chi connectivity index (χ4v) is 1.65. The van der Waals surface area contributed by atoms with Crippen molar-refractivity contribution in [3.05, 3.63) is 46.8 Å². The molecule has 0 atom stereocenters. The second kappa shape index (κ2) is 5.25. The summed E-state index contributed by atoms with van der Waals surface area (Å²) in [7, 11) is 0. The minimum absolute atomic E-state index is 0.0731. The van der Waals surface area contributed by atoms with Crippen molar-refractivity contribution in [3.63, 3.8) is 0 Å². The predicted octanol–water partition coefficient (Wildman–Crippen LogP) is 3.49. The molecule has 20 heavy (non-hydrogen) atoms. The lowest BCUT2D eigenvalue weighted by molar-refractivity contribution is -0.137. The van der Waals surface area contributed by atoms with E-state index in [1.54, 1.807) is 19.1 Å². The molecule has 0 unspecified atom stereocenters. The first-order chi connectivity index (χ1) is 9.40. The van der Waals surface area contributed by atoms with E-state index in [0.29, 0.717) is 17.1 Å². The lowest BCUT2D eigenvalue weighted by atomic mass is 10.1. The van der Waals surface area contributed by atoms with Crippen molar-refractivity contribution in [2.24, 2.45) is 0 Å². The van der Waals surface area contributed by atoms with E-state index in [0.717, 1.165) is 12.1 Å². The highest BCUT2D eigenvalue weighted by Gasteiger charge is 2.31. The summed E-state index contributed by atoms with van der Waals surface area (Å²) in [6, 6.07) is 6.40. The van der Waals surface area contributed by atoms with E-state index in [1.165, 1.54) is 6.07 Å². The third-order valence-corrected chi connectivity index (χ3v) is 2.60. The van der Waals surface area contributed by atoms with Gasteiger partial charge in [0.2, 0.25) is 0 Å². The molecular formula is C13H10F3N3O. The molecule has 1 aromatic carbocycles.